The van der Waals surface area contributed by atoms with Gasteiger partial charge in [-0.2, -0.15) is 0 Å². The molecule has 2 aliphatic carbocycles. The Morgan fingerprint density at radius 1 is 0.168 bits per heavy atom. The van der Waals surface area contributed by atoms with Crippen LogP contribution in [-0.4, -0.2) is 0 Å². The zero-order chi connectivity index (χ0) is 79.1. The van der Waals surface area contributed by atoms with Crippen molar-refractivity contribution in [1.29, 1.82) is 0 Å². The maximum Gasteiger partial charge on any atom is 0.143 e. The van der Waals surface area contributed by atoms with Crippen molar-refractivity contribution in [3.8, 4) is 89.0 Å². The summed E-state index contributed by atoms with van der Waals surface area (Å²) in [6.07, 6.45) is 0. The summed E-state index contributed by atoms with van der Waals surface area (Å²) in [7, 11) is 0. The van der Waals surface area contributed by atoms with E-state index in [1.165, 1.54) is 122 Å². The molecule has 0 radical (unpaired) electrons. The highest BCUT2D eigenvalue weighted by molar-refractivity contribution is 6.10. The molecule has 22 rings (SSSR count). The first-order chi connectivity index (χ1) is 59.0. The average Bonchev–Trinajstić information content (AvgIpc) is 1.53. The molecule has 1 heterocycles. The molecule has 560 valence electrons. The number of para-hydroxylation sites is 2. The molecular weight excluding hydrogens is 1440 g/mol. The van der Waals surface area contributed by atoms with Crippen LogP contribution in [0.1, 0.15) is 44.5 Å². The van der Waals surface area contributed by atoms with Gasteiger partial charge < -0.3 is 14.2 Å². The van der Waals surface area contributed by atoms with Crippen molar-refractivity contribution >= 4 is 56.1 Å². The van der Waals surface area contributed by atoms with Gasteiger partial charge in [0.2, 0.25) is 0 Å². The van der Waals surface area contributed by atoms with Crippen LogP contribution in [0.25, 0.3) is 111 Å². The van der Waals surface area contributed by atoms with Gasteiger partial charge in [-0.05, 0) is 207 Å². The van der Waals surface area contributed by atoms with E-state index in [2.05, 4.69) is 483 Å². The maximum atomic E-state index is 6.44. The van der Waals surface area contributed by atoms with Gasteiger partial charge in [-0.25, -0.2) is 0 Å². The first-order valence-electron chi connectivity index (χ1n) is 41.0. The fourth-order valence-electron chi connectivity index (χ4n) is 19.0. The molecule has 0 saturated heterocycles. The summed E-state index contributed by atoms with van der Waals surface area (Å²) in [5.74, 6) is 0. The molecule has 0 atom stereocenters. The van der Waals surface area contributed by atoms with E-state index in [1.807, 2.05) is 12.1 Å². The van der Waals surface area contributed by atoms with Gasteiger partial charge in [0.1, 0.15) is 11.2 Å². The highest BCUT2D eigenvalue weighted by atomic mass is 16.3. The molecule has 0 bridgehead atoms. The van der Waals surface area contributed by atoms with E-state index in [0.29, 0.717) is 0 Å². The second-order valence-electron chi connectivity index (χ2n) is 30.8. The number of fused-ring (bicyclic) bond motifs is 9. The quantitative estimate of drug-likeness (QED) is 0.0961. The summed E-state index contributed by atoms with van der Waals surface area (Å²) >= 11 is 0. The van der Waals surface area contributed by atoms with Crippen molar-refractivity contribution in [3.05, 3.63) is 530 Å². The number of hydrogen-bond acceptors (Lipinski definition) is 3. The molecule has 0 fully saturated rings. The summed E-state index contributed by atoms with van der Waals surface area (Å²) in [6.45, 7) is 0. The van der Waals surface area contributed by atoms with E-state index in [-0.39, 0.29) is 0 Å². The Labute approximate surface area is 695 Å². The number of anilines is 6. The van der Waals surface area contributed by atoms with Crippen LogP contribution in [0.15, 0.2) is 490 Å². The first-order valence-corrected chi connectivity index (χ1v) is 41.0. The fraction of sp³-hybridized carbons (Fsp3) is 0.0172. The molecule has 3 heteroatoms. The summed E-state index contributed by atoms with van der Waals surface area (Å²) in [4.78, 5) is 4.73. The second-order valence-corrected chi connectivity index (χ2v) is 30.8. The normalized spacial score (nSPS) is 12.5. The monoisotopic (exact) mass is 1520 g/mol. The van der Waals surface area contributed by atoms with Crippen molar-refractivity contribution in [1.82, 2.24) is 0 Å². The fourth-order valence-corrected chi connectivity index (χ4v) is 19.0. The smallest absolute Gasteiger partial charge is 0.143 e. The van der Waals surface area contributed by atoms with E-state index in [0.717, 1.165) is 67.2 Å². The van der Waals surface area contributed by atoms with E-state index >= 15 is 0 Å². The minimum atomic E-state index is -0.449. The molecule has 1 aromatic heterocycles. The molecule has 2 aliphatic rings. The highest BCUT2D eigenvalue weighted by Crippen LogP contribution is 2.61. The molecule has 20 aromatic rings. The lowest BCUT2D eigenvalue weighted by Crippen LogP contribution is -2.28. The molecule has 0 unspecified atom stereocenters. The zero-order valence-electron chi connectivity index (χ0n) is 65.5. The summed E-state index contributed by atoms with van der Waals surface area (Å²) in [5.41, 5.74) is 37.1. The average molecular weight is 1520 g/mol. The standard InChI is InChI=1S/C61H41NO.C55H39N/c1-4-16-42(17-5-1)43-30-36-48(37-31-43)62(50-40-34-45(35-41-50)52-25-14-26-54-53-22-11-13-29-58(53)63-60(52)54)49-38-32-44(33-39-49)51-24-15-28-57-59(51)55-23-10-12-27-56(55)61(57,46-18-6-2-7-19-46)47-20-8-3-9-21-47;1-5-17-40(18-6-1)42-31-35-47(36-32-42)56(48-37-33-43(34-38-48)41-19-7-2-8-20-41)49-26-15-21-44(39-49)50-28-16-30-53-54(50)51-27-13-14-29-52(51)55(53,45-22-9-3-10-23-45)46-24-11-4-12-25-46/h1-41H;1-39H. The van der Waals surface area contributed by atoms with Crippen molar-refractivity contribution in [2.75, 3.05) is 9.80 Å². The van der Waals surface area contributed by atoms with Crippen molar-refractivity contribution in [2.45, 2.75) is 10.8 Å². The van der Waals surface area contributed by atoms with Crippen LogP contribution >= 0.6 is 0 Å². The van der Waals surface area contributed by atoms with Crippen LogP contribution in [0.2, 0.25) is 0 Å². The van der Waals surface area contributed by atoms with Gasteiger partial charge in [0, 0.05) is 50.5 Å². The first kappa shape index (κ1) is 71.4. The third kappa shape index (κ3) is 12.5. The Kier molecular flexibility index (Phi) is 18.4. The predicted molar refractivity (Wildman–Crippen MR) is 497 cm³/mol. The van der Waals surface area contributed by atoms with Crippen LogP contribution in [0, 0.1) is 0 Å². The number of nitrogens with zero attached hydrogens (tertiary/aromatic N) is 2. The number of hydrogen-bond donors (Lipinski definition) is 0. The van der Waals surface area contributed by atoms with Gasteiger partial charge in [-0.15, -0.1) is 0 Å². The SMILES string of the molecule is c1ccc(-c2ccc(N(c3ccc(-c4cccc5c4-c4ccccc4C5(c4ccccc4)c4ccccc4)cc3)c3ccc(-c4cccc5c4oc4ccccc45)cc3)cc2)cc1.c1ccc(-c2ccc(N(c3ccc(-c4ccccc4)cc3)c3cccc(-c4cccc5c4-c4ccccc4C5(c4ccccc4)c4ccccc4)c3)cc2)cc1. The van der Waals surface area contributed by atoms with Gasteiger partial charge in [0.05, 0.1) is 10.8 Å². The summed E-state index contributed by atoms with van der Waals surface area (Å²) in [6, 6.07) is 176. The lowest BCUT2D eigenvalue weighted by molar-refractivity contribution is 0.670. The topological polar surface area (TPSA) is 19.6 Å². The zero-order valence-corrected chi connectivity index (χ0v) is 65.5. The third-order valence-corrected chi connectivity index (χ3v) is 24.4. The molecule has 3 nitrogen and oxygen atoms in total. The van der Waals surface area contributed by atoms with Gasteiger partial charge in [0.25, 0.3) is 0 Å². The van der Waals surface area contributed by atoms with E-state index in [9.17, 15) is 0 Å². The maximum absolute atomic E-state index is 6.44. The molecule has 0 spiro atoms. The number of benzene rings is 19. The minimum Gasteiger partial charge on any atom is -0.455 e. The van der Waals surface area contributed by atoms with Crippen LogP contribution in [0.5, 0.6) is 0 Å². The van der Waals surface area contributed by atoms with Crippen molar-refractivity contribution in [3.63, 3.8) is 0 Å². The van der Waals surface area contributed by atoms with Gasteiger partial charge >= 0.3 is 0 Å². The molecule has 119 heavy (non-hydrogen) atoms. The Morgan fingerprint density at radius 2 is 0.437 bits per heavy atom. The van der Waals surface area contributed by atoms with E-state index in [1.54, 1.807) is 0 Å². The largest absolute Gasteiger partial charge is 0.455 e. The van der Waals surface area contributed by atoms with Crippen LogP contribution in [0.3, 0.4) is 0 Å². The van der Waals surface area contributed by atoms with Crippen molar-refractivity contribution in [2.24, 2.45) is 0 Å². The number of furan rings is 1. The lowest BCUT2D eigenvalue weighted by atomic mass is 9.67. The highest BCUT2D eigenvalue weighted by Gasteiger charge is 2.48. The number of rotatable bonds is 16. The third-order valence-electron chi connectivity index (χ3n) is 24.4. The Morgan fingerprint density at radius 3 is 0.849 bits per heavy atom. The van der Waals surface area contributed by atoms with Gasteiger partial charge in [0.15, 0.2) is 0 Å². The molecular formula is C116H80N2O. The van der Waals surface area contributed by atoms with E-state index < -0.39 is 10.8 Å². The molecule has 19 aromatic carbocycles. The van der Waals surface area contributed by atoms with Crippen LogP contribution in [0.4, 0.5) is 34.1 Å². The Bertz CT molecular complexity index is 6850. The van der Waals surface area contributed by atoms with Gasteiger partial charge in [-0.3, -0.25) is 0 Å². The van der Waals surface area contributed by atoms with Crippen LogP contribution in [-0.2, 0) is 10.8 Å². The Hall–Kier alpha value is -15.4. The van der Waals surface area contributed by atoms with Crippen LogP contribution < -0.4 is 9.80 Å². The lowest BCUT2D eigenvalue weighted by Gasteiger charge is -2.34. The summed E-state index contributed by atoms with van der Waals surface area (Å²) < 4.78 is 6.44. The molecule has 0 N–H and O–H groups in total. The van der Waals surface area contributed by atoms with Crippen molar-refractivity contribution < 1.29 is 4.42 Å². The second kappa shape index (κ2) is 30.7. The minimum absolute atomic E-state index is 0.449. The van der Waals surface area contributed by atoms with Gasteiger partial charge in [-0.1, -0.05) is 406 Å². The van der Waals surface area contributed by atoms with E-state index in [4.69, 9.17) is 4.42 Å². The summed E-state index contributed by atoms with van der Waals surface area (Å²) in [5, 5.41) is 2.27. The Balaban J connectivity index is 0.000000149. The molecule has 0 saturated carbocycles. The molecule has 0 aliphatic heterocycles. The predicted octanol–water partition coefficient (Wildman–Crippen LogP) is 30.9. The molecule has 0 amide bonds.